The average Bonchev–Trinajstić information content (AvgIpc) is 2.22. The zero-order chi connectivity index (χ0) is 11.1. The molecule has 0 aromatic heterocycles. The van der Waals surface area contributed by atoms with E-state index in [1.807, 2.05) is 19.9 Å². The van der Waals surface area contributed by atoms with Gasteiger partial charge in [-0.2, -0.15) is 5.26 Å². The molecule has 0 radical (unpaired) electrons. The highest BCUT2D eigenvalue weighted by Crippen LogP contribution is 2.05. The maximum absolute atomic E-state index is 11.4. The van der Waals surface area contributed by atoms with Gasteiger partial charge in [0, 0.05) is 6.54 Å². The van der Waals surface area contributed by atoms with Gasteiger partial charge in [0.25, 0.3) is 0 Å². The van der Waals surface area contributed by atoms with E-state index < -0.39 is 6.04 Å². The number of nitrogens with two attached hydrogens (primary N) is 1. The molecule has 4 heteroatoms. The van der Waals surface area contributed by atoms with Crippen LogP contribution in [0.2, 0.25) is 0 Å². The number of hydrogen-bond donors (Lipinski definition) is 2. The van der Waals surface area contributed by atoms with Crippen molar-refractivity contribution in [2.45, 2.75) is 33.2 Å². The highest BCUT2D eigenvalue weighted by molar-refractivity contribution is 5.81. The van der Waals surface area contributed by atoms with E-state index in [0.717, 1.165) is 6.42 Å². The van der Waals surface area contributed by atoms with Crippen LogP contribution in [0.3, 0.4) is 0 Å². The Hall–Kier alpha value is -1.08. The topological polar surface area (TPSA) is 78.9 Å². The fraction of sp³-hybridized carbons (Fsp3) is 0.800. The molecule has 14 heavy (non-hydrogen) atoms. The van der Waals surface area contributed by atoms with Gasteiger partial charge < -0.3 is 11.1 Å². The minimum atomic E-state index is -0.467. The van der Waals surface area contributed by atoms with Gasteiger partial charge in [-0.05, 0) is 12.8 Å². The number of nitriles is 1. The number of carbonyl (C=O) groups is 1. The summed E-state index contributed by atoms with van der Waals surface area (Å²) in [5.74, 6) is -0.156. The zero-order valence-corrected chi connectivity index (χ0v) is 9.08. The summed E-state index contributed by atoms with van der Waals surface area (Å²) in [6.45, 7) is 6.07. The molecule has 1 unspecified atom stereocenters. The summed E-state index contributed by atoms with van der Waals surface area (Å²) in [5.41, 5.74) is 5.70. The number of hydrogen-bond acceptors (Lipinski definition) is 3. The summed E-state index contributed by atoms with van der Waals surface area (Å²) in [4.78, 5) is 11.4. The first-order valence-corrected chi connectivity index (χ1v) is 4.95. The summed E-state index contributed by atoms with van der Waals surface area (Å²) >= 11 is 0. The van der Waals surface area contributed by atoms with Crippen LogP contribution in [0.4, 0.5) is 0 Å². The quantitative estimate of drug-likeness (QED) is 0.678. The van der Waals surface area contributed by atoms with E-state index in [1.54, 1.807) is 6.92 Å². The Morgan fingerprint density at radius 2 is 2.14 bits per heavy atom. The van der Waals surface area contributed by atoms with Gasteiger partial charge in [-0.15, -0.1) is 0 Å². The average molecular weight is 197 g/mol. The third-order valence-electron chi connectivity index (χ3n) is 2.36. The molecular weight excluding hydrogens is 178 g/mol. The molecule has 0 saturated carbocycles. The molecule has 0 heterocycles. The number of carbonyl (C=O) groups excluding carboxylic acids is 1. The lowest BCUT2D eigenvalue weighted by Gasteiger charge is -2.17. The minimum absolute atomic E-state index is 0.164. The Morgan fingerprint density at radius 3 is 2.57 bits per heavy atom. The van der Waals surface area contributed by atoms with Crippen molar-refractivity contribution in [3.05, 3.63) is 0 Å². The van der Waals surface area contributed by atoms with Gasteiger partial charge in [-0.1, -0.05) is 20.3 Å². The Labute approximate surface area is 85.5 Å². The number of nitrogens with zero attached hydrogens (tertiary/aromatic N) is 1. The molecule has 0 fully saturated rings. The summed E-state index contributed by atoms with van der Waals surface area (Å²) < 4.78 is 0. The van der Waals surface area contributed by atoms with Gasteiger partial charge in [-0.25, -0.2) is 0 Å². The predicted octanol–water partition coefficient (Wildman–Crippen LogP) is 0.636. The van der Waals surface area contributed by atoms with Crippen LogP contribution in [0.15, 0.2) is 0 Å². The van der Waals surface area contributed by atoms with E-state index in [1.165, 1.54) is 0 Å². The molecule has 0 aromatic carbocycles. The normalized spacial score (nSPS) is 16.5. The molecule has 0 rings (SSSR count). The van der Waals surface area contributed by atoms with Crippen LogP contribution in [0.25, 0.3) is 0 Å². The first-order chi connectivity index (χ1) is 6.52. The maximum Gasteiger partial charge on any atom is 0.237 e. The van der Waals surface area contributed by atoms with Crippen LogP contribution in [0, 0.1) is 23.2 Å². The van der Waals surface area contributed by atoms with Crippen LogP contribution in [-0.2, 0) is 4.79 Å². The molecule has 0 saturated heterocycles. The van der Waals surface area contributed by atoms with Crippen LogP contribution >= 0.6 is 0 Å². The van der Waals surface area contributed by atoms with E-state index in [9.17, 15) is 4.79 Å². The summed E-state index contributed by atoms with van der Waals surface area (Å²) in [6.07, 6.45) is 0.877. The fourth-order valence-electron chi connectivity index (χ4n) is 0.930. The molecule has 0 spiro atoms. The molecule has 0 aliphatic rings. The monoisotopic (exact) mass is 197 g/mol. The Kier molecular flexibility index (Phi) is 5.89. The van der Waals surface area contributed by atoms with Crippen molar-refractivity contribution < 1.29 is 4.79 Å². The van der Waals surface area contributed by atoms with Crippen molar-refractivity contribution in [2.75, 3.05) is 6.54 Å². The lowest BCUT2D eigenvalue weighted by Crippen LogP contribution is -2.45. The van der Waals surface area contributed by atoms with Gasteiger partial charge >= 0.3 is 0 Å². The Balaban J connectivity index is 3.91. The zero-order valence-electron chi connectivity index (χ0n) is 9.08. The minimum Gasteiger partial charge on any atom is -0.353 e. The molecule has 0 aliphatic carbocycles. The van der Waals surface area contributed by atoms with Gasteiger partial charge in [0.2, 0.25) is 5.91 Å². The largest absolute Gasteiger partial charge is 0.353 e. The van der Waals surface area contributed by atoms with Crippen LogP contribution < -0.4 is 11.1 Å². The van der Waals surface area contributed by atoms with Crippen molar-refractivity contribution in [1.29, 1.82) is 5.26 Å². The summed E-state index contributed by atoms with van der Waals surface area (Å²) in [5, 5.41) is 11.2. The van der Waals surface area contributed by atoms with E-state index in [4.69, 9.17) is 11.0 Å². The molecule has 80 valence electrons. The summed E-state index contributed by atoms with van der Waals surface area (Å²) in [7, 11) is 0. The Morgan fingerprint density at radius 1 is 1.57 bits per heavy atom. The second-order valence-electron chi connectivity index (χ2n) is 3.69. The third-order valence-corrected chi connectivity index (χ3v) is 2.36. The highest BCUT2D eigenvalue weighted by atomic mass is 16.2. The first kappa shape index (κ1) is 12.9. The smallest absolute Gasteiger partial charge is 0.237 e. The van der Waals surface area contributed by atoms with Gasteiger partial charge in [0.05, 0.1) is 18.0 Å². The van der Waals surface area contributed by atoms with Crippen molar-refractivity contribution in [1.82, 2.24) is 5.32 Å². The molecule has 3 N–H and O–H groups in total. The van der Waals surface area contributed by atoms with E-state index in [2.05, 4.69) is 5.32 Å². The van der Waals surface area contributed by atoms with Crippen molar-refractivity contribution in [2.24, 2.45) is 17.6 Å². The molecule has 0 aliphatic heterocycles. The first-order valence-electron chi connectivity index (χ1n) is 4.95. The second-order valence-corrected chi connectivity index (χ2v) is 3.69. The van der Waals surface area contributed by atoms with E-state index in [0.29, 0.717) is 6.54 Å². The van der Waals surface area contributed by atoms with Crippen LogP contribution in [-0.4, -0.2) is 18.5 Å². The fourth-order valence-corrected chi connectivity index (χ4v) is 0.930. The molecule has 0 bridgehead atoms. The van der Waals surface area contributed by atoms with Crippen molar-refractivity contribution >= 4 is 5.91 Å². The Bertz CT molecular complexity index is 222. The molecule has 1 amide bonds. The predicted molar refractivity (Wildman–Crippen MR) is 55.2 cm³/mol. The molecule has 0 aromatic rings. The maximum atomic E-state index is 11.4. The second kappa shape index (κ2) is 6.39. The standard InChI is InChI=1S/C10H19N3O/c1-4-8(3)9(12)10(14)13-6-7(2)5-11/h7-9H,4,6,12H2,1-3H3,(H,13,14)/t7?,8-,9-/m0/s1. The lowest BCUT2D eigenvalue weighted by atomic mass is 9.99. The van der Waals surface area contributed by atoms with Crippen molar-refractivity contribution in [3.63, 3.8) is 0 Å². The van der Waals surface area contributed by atoms with Gasteiger partial charge in [0.1, 0.15) is 0 Å². The molecule has 4 nitrogen and oxygen atoms in total. The van der Waals surface area contributed by atoms with E-state index in [-0.39, 0.29) is 17.7 Å². The third kappa shape index (κ3) is 4.24. The van der Waals surface area contributed by atoms with Crippen molar-refractivity contribution in [3.8, 4) is 6.07 Å². The van der Waals surface area contributed by atoms with Crippen LogP contribution in [0.1, 0.15) is 27.2 Å². The summed E-state index contributed by atoms with van der Waals surface area (Å²) in [6, 6.07) is 1.58. The SMILES string of the molecule is CC[C@H](C)[C@H](N)C(=O)NCC(C)C#N. The van der Waals surface area contributed by atoms with Crippen LogP contribution in [0.5, 0.6) is 0 Å². The lowest BCUT2D eigenvalue weighted by molar-refractivity contribution is -0.123. The molecular formula is C10H19N3O. The number of amides is 1. The number of nitrogens with one attached hydrogen (secondary N) is 1. The van der Waals surface area contributed by atoms with Gasteiger partial charge in [-0.3, -0.25) is 4.79 Å². The van der Waals surface area contributed by atoms with Gasteiger partial charge in [0.15, 0.2) is 0 Å². The highest BCUT2D eigenvalue weighted by Gasteiger charge is 2.19. The molecule has 3 atom stereocenters. The van der Waals surface area contributed by atoms with E-state index >= 15 is 0 Å². The number of rotatable bonds is 5.